The van der Waals surface area contributed by atoms with Crippen LogP contribution in [0.2, 0.25) is 0 Å². The van der Waals surface area contributed by atoms with Crippen molar-refractivity contribution in [1.82, 2.24) is 20.2 Å². The molecule has 0 aromatic carbocycles. The molecule has 0 bridgehead atoms. The standard InChI is InChI=1S/C9H7N5S/c10-4-8-3-7(1-2-11-8)5-15-9-12-6-13-14-9/h1-3,6H,5H2,(H,12,13,14). The summed E-state index contributed by atoms with van der Waals surface area (Å²) in [6.07, 6.45) is 3.10. The molecule has 2 heterocycles. The molecule has 0 atom stereocenters. The molecule has 0 saturated heterocycles. The summed E-state index contributed by atoms with van der Waals surface area (Å²) >= 11 is 1.53. The molecule has 5 nitrogen and oxygen atoms in total. The molecule has 6 heteroatoms. The number of pyridine rings is 1. The van der Waals surface area contributed by atoms with E-state index in [9.17, 15) is 0 Å². The minimum atomic E-state index is 0.436. The summed E-state index contributed by atoms with van der Waals surface area (Å²) in [6, 6.07) is 5.65. The number of nitrogens with zero attached hydrogens (tertiary/aromatic N) is 4. The lowest BCUT2D eigenvalue weighted by atomic mass is 10.2. The number of hydrogen-bond acceptors (Lipinski definition) is 5. The van der Waals surface area contributed by atoms with Gasteiger partial charge in [0.2, 0.25) is 0 Å². The van der Waals surface area contributed by atoms with Gasteiger partial charge in [-0.15, -0.1) is 0 Å². The zero-order valence-corrected chi connectivity index (χ0v) is 8.53. The van der Waals surface area contributed by atoms with Crippen molar-refractivity contribution in [2.75, 3.05) is 0 Å². The van der Waals surface area contributed by atoms with Crippen LogP contribution in [0, 0.1) is 11.3 Å². The molecular weight excluding hydrogens is 210 g/mol. The third kappa shape index (κ3) is 2.54. The van der Waals surface area contributed by atoms with Crippen LogP contribution >= 0.6 is 11.8 Å². The van der Waals surface area contributed by atoms with Crippen molar-refractivity contribution in [3.05, 3.63) is 35.9 Å². The minimum absolute atomic E-state index is 0.436. The van der Waals surface area contributed by atoms with Crippen LogP contribution in [0.5, 0.6) is 0 Å². The highest BCUT2D eigenvalue weighted by Crippen LogP contribution is 2.17. The van der Waals surface area contributed by atoms with Gasteiger partial charge in [-0.25, -0.2) is 9.97 Å². The molecular formula is C9H7N5S. The van der Waals surface area contributed by atoms with Gasteiger partial charge in [0.25, 0.3) is 0 Å². The fourth-order valence-corrected chi connectivity index (χ4v) is 1.76. The molecule has 2 aromatic heterocycles. The van der Waals surface area contributed by atoms with Gasteiger partial charge in [-0.1, -0.05) is 11.8 Å². The number of rotatable bonds is 3. The third-order valence-electron chi connectivity index (χ3n) is 1.71. The Hall–Kier alpha value is -1.87. The first-order valence-electron chi connectivity index (χ1n) is 4.21. The highest BCUT2D eigenvalue weighted by atomic mass is 32.2. The fourth-order valence-electron chi connectivity index (χ4n) is 1.04. The smallest absolute Gasteiger partial charge is 0.183 e. The highest BCUT2D eigenvalue weighted by molar-refractivity contribution is 7.98. The van der Waals surface area contributed by atoms with E-state index in [2.05, 4.69) is 20.2 Å². The van der Waals surface area contributed by atoms with Gasteiger partial charge in [0, 0.05) is 11.9 Å². The molecule has 0 unspecified atom stereocenters. The molecule has 0 aliphatic heterocycles. The molecule has 2 rings (SSSR count). The molecule has 0 aliphatic carbocycles. The Morgan fingerprint density at radius 1 is 1.47 bits per heavy atom. The van der Waals surface area contributed by atoms with E-state index in [0.717, 1.165) is 16.5 Å². The van der Waals surface area contributed by atoms with Gasteiger partial charge in [0.1, 0.15) is 18.1 Å². The molecule has 0 spiro atoms. The van der Waals surface area contributed by atoms with Gasteiger partial charge >= 0.3 is 0 Å². The Labute approximate surface area is 90.6 Å². The fraction of sp³-hybridized carbons (Fsp3) is 0.111. The van der Waals surface area contributed by atoms with Gasteiger partial charge in [0.15, 0.2) is 5.16 Å². The Bertz CT molecular complexity index is 473. The monoisotopic (exact) mass is 217 g/mol. The van der Waals surface area contributed by atoms with Crippen molar-refractivity contribution < 1.29 is 0 Å². The maximum absolute atomic E-state index is 8.67. The first-order chi connectivity index (χ1) is 7.38. The average Bonchev–Trinajstić information content (AvgIpc) is 2.79. The van der Waals surface area contributed by atoms with Gasteiger partial charge in [-0.2, -0.15) is 10.4 Å². The van der Waals surface area contributed by atoms with Crippen LogP contribution < -0.4 is 0 Å². The van der Waals surface area contributed by atoms with Crippen LogP contribution in [0.3, 0.4) is 0 Å². The predicted octanol–water partition coefficient (Wildman–Crippen LogP) is 1.36. The molecule has 1 N–H and O–H groups in total. The van der Waals surface area contributed by atoms with Gasteiger partial charge in [-0.3, -0.25) is 5.10 Å². The Morgan fingerprint density at radius 3 is 3.13 bits per heavy atom. The first-order valence-corrected chi connectivity index (χ1v) is 5.20. The normalized spacial score (nSPS) is 9.80. The average molecular weight is 217 g/mol. The van der Waals surface area contributed by atoms with E-state index in [1.54, 1.807) is 12.3 Å². The summed E-state index contributed by atoms with van der Waals surface area (Å²) in [5.74, 6) is 0.742. The number of hydrogen-bond donors (Lipinski definition) is 1. The summed E-state index contributed by atoms with van der Waals surface area (Å²) in [5, 5.41) is 15.9. The molecule has 15 heavy (non-hydrogen) atoms. The summed E-state index contributed by atoms with van der Waals surface area (Å²) in [6.45, 7) is 0. The molecule has 2 aromatic rings. The van der Waals surface area contributed by atoms with Crippen LogP contribution in [-0.2, 0) is 5.75 Å². The van der Waals surface area contributed by atoms with E-state index in [0.29, 0.717) is 5.69 Å². The van der Waals surface area contributed by atoms with Crippen LogP contribution in [0.4, 0.5) is 0 Å². The van der Waals surface area contributed by atoms with Crippen LogP contribution in [0.1, 0.15) is 11.3 Å². The number of nitriles is 1. The molecule has 0 amide bonds. The van der Waals surface area contributed by atoms with Gasteiger partial charge < -0.3 is 0 Å². The Kier molecular flexibility index (Phi) is 2.95. The SMILES string of the molecule is N#Cc1cc(CSc2ncn[nH]2)ccn1. The number of aromatic amines is 1. The molecule has 0 radical (unpaired) electrons. The van der Waals surface area contributed by atoms with E-state index < -0.39 is 0 Å². The second-order valence-electron chi connectivity index (χ2n) is 2.74. The molecule has 0 aliphatic rings. The predicted molar refractivity (Wildman–Crippen MR) is 54.9 cm³/mol. The zero-order valence-electron chi connectivity index (χ0n) is 7.71. The quantitative estimate of drug-likeness (QED) is 0.785. The van der Waals surface area contributed by atoms with Gasteiger partial charge in [0.05, 0.1) is 0 Å². The van der Waals surface area contributed by atoms with Crippen molar-refractivity contribution in [2.24, 2.45) is 0 Å². The highest BCUT2D eigenvalue weighted by Gasteiger charge is 1.99. The lowest BCUT2D eigenvalue weighted by molar-refractivity contribution is 0.972. The van der Waals surface area contributed by atoms with E-state index >= 15 is 0 Å². The van der Waals surface area contributed by atoms with Crippen molar-refractivity contribution in [3.8, 4) is 6.07 Å². The third-order valence-corrected chi connectivity index (χ3v) is 2.66. The maximum atomic E-state index is 8.67. The molecule has 74 valence electrons. The second kappa shape index (κ2) is 4.57. The number of nitrogens with one attached hydrogen (secondary N) is 1. The Morgan fingerprint density at radius 2 is 2.40 bits per heavy atom. The van der Waals surface area contributed by atoms with E-state index in [-0.39, 0.29) is 0 Å². The summed E-state index contributed by atoms with van der Waals surface area (Å²) in [5.41, 5.74) is 1.48. The van der Waals surface area contributed by atoms with Crippen molar-refractivity contribution in [3.63, 3.8) is 0 Å². The molecule has 0 saturated carbocycles. The summed E-state index contributed by atoms with van der Waals surface area (Å²) in [7, 11) is 0. The van der Waals surface area contributed by atoms with Crippen LogP contribution in [-0.4, -0.2) is 20.2 Å². The lowest BCUT2D eigenvalue weighted by Gasteiger charge is -1.98. The lowest BCUT2D eigenvalue weighted by Crippen LogP contribution is -1.86. The summed E-state index contributed by atoms with van der Waals surface area (Å²) < 4.78 is 0. The number of aromatic nitrogens is 4. The van der Waals surface area contributed by atoms with Crippen molar-refractivity contribution >= 4 is 11.8 Å². The largest absolute Gasteiger partial charge is 0.254 e. The van der Waals surface area contributed by atoms with Crippen LogP contribution in [0.15, 0.2) is 29.8 Å². The maximum Gasteiger partial charge on any atom is 0.183 e. The van der Waals surface area contributed by atoms with Gasteiger partial charge in [-0.05, 0) is 17.7 Å². The first kappa shape index (κ1) is 9.68. The zero-order chi connectivity index (χ0) is 10.5. The minimum Gasteiger partial charge on any atom is -0.254 e. The number of H-pyrrole nitrogens is 1. The van der Waals surface area contributed by atoms with E-state index in [1.807, 2.05) is 12.1 Å². The van der Waals surface area contributed by atoms with Crippen LogP contribution in [0.25, 0.3) is 0 Å². The molecule has 0 fully saturated rings. The Balaban J connectivity index is 2.02. The van der Waals surface area contributed by atoms with Crippen molar-refractivity contribution in [1.29, 1.82) is 5.26 Å². The second-order valence-corrected chi connectivity index (χ2v) is 3.70. The van der Waals surface area contributed by atoms with Crippen molar-refractivity contribution in [2.45, 2.75) is 10.9 Å². The van der Waals surface area contributed by atoms with E-state index in [4.69, 9.17) is 5.26 Å². The van der Waals surface area contributed by atoms with E-state index in [1.165, 1.54) is 18.1 Å². The summed E-state index contributed by atoms with van der Waals surface area (Å²) in [4.78, 5) is 7.89. The number of thioether (sulfide) groups is 1. The topological polar surface area (TPSA) is 78.2 Å².